The highest BCUT2D eigenvalue weighted by molar-refractivity contribution is 5.77. The van der Waals surface area contributed by atoms with Gasteiger partial charge in [0, 0.05) is 6.04 Å². The zero-order valence-electron chi connectivity index (χ0n) is 11.7. The summed E-state index contributed by atoms with van der Waals surface area (Å²) < 4.78 is 13.1. The molecule has 1 atom stereocenters. The third-order valence-electron chi connectivity index (χ3n) is 4.21. The van der Waals surface area contributed by atoms with Crippen LogP contribution in [0.1, 0.15) is 43.8 Å². The molecule has 4 nitrogen and oxygen atoms in total. The van der Waals surface area contributed by atoms with E-state index in [4.69, 9.17) is 0 Å². The molecular formula is C16H19FN2O2. The van der Waals surface area contributed by atoms with Crippen LogP contribution in [0.15, 0.2) is 40.9 Å². The van der Waals surface area contributed by atoms with Crippen LogP contribution in [0.4, 0.5) is 4.39 Å². The Kier molecular flexibility index (Phi) is 3.82. The predicted molar refractivity (Wildman–Crippen MR) is 78.6 cm³/mol. The molecule has 5 heteroatoms. The molecule has 0 aromatic heterocycles. The molecular weight excluding hydrogens is 271 g/mol. The van der Waals surface area contributed by atoms with Crippen LogP contribution in [0.5, 0.6) is 0 Å². The van der Waals surface area contributed by atoms with E-state index in [1.807, 2.05) is 0 Å². The summed E-state index contributed by atoms with van der Waals surface area (Å²) in [5.74, 6) is -0.643. The van der Waals surface area contributed by atoms with Gasteiger partial charge in [0.15, 0.2) is 5.76 Å². The van der Waals surface area contributed by atoms with Gasteiger partial charge in [-0.15, -0.1) is 0 Å². The molecule has 0 spiro atoms. The highest BCUT2D eigenvalue weighted by Gasteiger charge is 2.33. The summed E-state index contributed by atoms with van der Waals surface area (Å²) in [6.07, 6.45) is 6.19. The van der Waals surface area contributed by atoms with Gasteiger partial charge >= 0.3 is 0 Å². The zero-order chi connectivity index (χ0) is 14.8. The molecule has 1 fully saturated rings. The minimum atomic E-state index is -0.412. The second-order valence-electron chi connectivity index (χ2n) is 5.61. The van der Waals surface area contributed by atoms with Crippen molar-refractivity contribution in [2.75, 3.05) is 0 Å². The first kappa shape index (κ1) is 13.9. The Labute approximate surface area is 123 Å². The number of nitrogens with zero attached hydrogens (tertiary/aromatic N) is 2. The molecule has 1 aromatic carbocycles. The highest BCUT2D eigenvalue weighted by atomic mass is 19.1. The Balaban J connectivity index is 1.93. The summed E-state index contributed by atoms with van der Waals surface area (Å²) >= 11 is 0. The number of hydrogen-bond donors (Lipinski definition) is 2. The highest BCUT2D eigenvalue weighted by Crippen LogP contribution is 2.36. The van der Waals surface area contributed by atoms with E-state index in [1.165, 1.54) is 24.8 Å². The number of hydrogen-bond acceptors (Lipinski definition) is 4. The minimum Gasteiger partial charge on any atom is -0.502 e. The van der Waals surface area contributed by atoms with Crippen molar-refractivity contribution in [3.8, 4) is 0 Å². The Bertz CT molecular complexity index is 562. The molecule has 0 amide bonds. The number of rotatable bonds is 2. The third-order valence-corrected chi connectivity index (χ3v) is 4.21. The molecule has 0 bridgehead atoms. The van der Waals surface area contributed by atoms with Gasteiger partial charge in [0.2, 0.25) is 5.88 Å². The maximum absolute atomic E-state index is 13.1. The van der Waals surface area contributed by atoms with E-state index in [2.05, 4.69) is 4.99 Å². The van der Waals surface area contributed by atoms with Crippen molar-refractivity contribution < 1.29 is 14.6 Å². The van der Waals surface area contributed by atoms with Crippen molar-refractivity contribution in [2.24, 2.45) is 4.99 Å². The van der Waals surface area contributed by atoms with E-state index in [1.54, 1.807) is 17.0 Å². The van der Waals surface area contributed by atoms with Gasteiger partial charge in [-0.1, -0.05) is 31.4 Å². The van der Waals surface area contributed by atoms with Gasteiger partial charge in [-0.05, 0) is 30.5 Å². The summed E-state index contributed by atoms with van der Waals surface area (Å²) in [7, 11) is 0. The first-order chi connectivity index (χ1) is 10.2. The van der Waals surface area contributed by atoms with E-state index in [-0.39, 0.29) is 23.5 Å². The zero-order valence-corrected chi connectivity index (χ0v) is 11.7. The lowest BCUT2D eigenvalue weighted by atomic mass is 9.93. The Morgan fingerprint density at radius 2 is 1.71 bits per heavy atom. The second-order valence-corrected chi connectivity index (χ2v) is 5.61. The van der Waals surface area contributed by atoms with Gasteiger partial charge in [-0.3, -0.25) is 4.99 Å². The Morgan fingerprint density at radius 1 is 1.05 bits per heavy atom. The molecule has 1 aliphatic carbocycles. The average Bonchev–Trinajstić information content (AvgIpc) is 2.52. The summed E-state index contributed by atoms with van der Waals surface area (Å²) in [4.78, 5) is 6.09. The van der Waals surface area contributed by atoms with Gasteiger partial charge in [0.05, 0.1) is 6.21 Å². The van der Waals surface area contributed by atoms with Crippen LogP contribution in [-0.4, -0.2) is 27.4 Å². The molecule has 1 unspecified atom stereocenters. The van der Waals surface area contributed by atoms with Crippen LogP contribution in [-0.2, 0) is 0 Å². The maximum atomic E-state index is 13.1. The van der Waals surface area contributed by atoms with Gasteiger partial charge in [-0.25, -0.2) is 4.39 Å². The first-order valence-corrected chi connectivity index (χ1v) is 7.36. The van der Waals surface area contributed by atoms with Crippen LogP contribution in [0.25, 0.3) is 0 Å². The summed E-state index contributed by atoms with van der Waals surface area (Å²) in [5.41, 5.74) is 0.803. The summed E-state index contributed by atoms with van der Waals surface area (Å²) in [6, 6.07) is 6.26. The minimum absolute atomic E-state index is 0.133. The lowest BCUT2D eigenvalue weighted by molar-refractivity contribution is 0.0699. The molecule has 112 valence electrons. The fourth-order valence-corrected chi connectivity index (χ4v) is 3.13. The van der Waals surface area contributed by atoms with E-state index in [9.17, 15) is 14.6 Å². The Hall–Kier alpha value is -2.04. The SMILES string of the molecule is OC1=C(O)N(C2CCCCC2)C(c2ccc(F)cc2)N=C1. The number of allylic oxidation sites excluding steroid dienone is 1. The second kappa shape index (κ2) is 5.76. The first-order valence-electron chi connectivity index (χ1n) is 7.36. The van der Waals surface area contributed by atoms with Gasteiger partial charge in [-0.2, -0.15) is 0 Å². The molecule has 1 aliphatic heterocycles. The quantitative estimate of drug-likeness (QED) is 0.870. The monoisotopic (exact) mass is 290 g/mol. The third kappa shape index (κ3) is 2.73. The molecule has 3 rings (SSSR count). The number of aliphatic imine (C=N–C) groups is 1. The van der Waals surface area contributed by atoms with Gasteiger partial charge < -0.3 is 15.1 Å². The normalized spacial score (nSPS) is 23.7. The summed E-state index contributed by atoms with van der Waals surface area (Å²) in [6.45, 7) is 0. The largest absolute Gasteiger partial charge is 0.502 e. The molecule has 1 heterocycles. The summed E-state index contributed by atoms with van der Waals surface area (Å²) in [5, 5.41) is 20.0. The molecule has 1 saturated carbocycles. The molecule has 2 N–H and O–H groups in total. The average molecular weight is 290 g/mol. The number of halogens is 1. The maximum Gasteiger partial charge on any atom is 0.234 e. The standard InChI is InChI=1S/C16H19FN2O2/c17-12-8-6-11(7-9-12)15-18-10-14(20)16(21)19(15)13-4-2-1-3-5-13/h6-10,13,15,20-21H,1-5H2. The van der Waals surface area contributed by atoms with Crippen molar-refractivity contribution in [2.45, 2.75) is 44.3 Å². The fraction of sp³-hybridized carbons (Fsp3) is 0.438. The van der Waals surface area contributed by atoms with E-state index in [0.717, 1.165) is 31.2 Å². The van der Waals surface area contributed by atoms with Gasteiger partial charge in [0.25, 0.3) is 0 Å². The van der Waals surface area contributed by atoms with Crippen molar-refractivity contribution in [3.63, 3.8) is 0 Å². The number of benzene rings is 1. The van der Waals surface area contributed by atoms with E-state index >= 15 is 0 Å². The predicted octanol–water partition coefficient (Wildman–Crippen LogP) is 3.83. The van der Waals surface area contributed by atoms with E-state index < -0.39 is 6.17 Å². The van der Waals surface area contributed by atoms with Crippen LogP contribution >= 0.6 is 0 Å². The van der Waals surface area contributed by atoms with Crippen LogP contribution < -0.4 is 0 Å². The van der Waals surface area contributed by atoms with Gasteiger partial charge in [0.1, 0.15) is 12.0 Å². The van der Waals surface area contributed by atoms with Crippen LogP contribution in [0.3, 0.4) is 0 Å². The topological polar surface area (TPSA) is 56.1 Å². The number of aliphatic hydroxyl groups is 2. The smallest absolute Gasteiger partial charge is 0.234 e. The lowest BCUT2D eigenvalue weighted by Gasteiger charge is -2.40. The Morgan fingerprint density at radius 3 is 2.38 bits per heavy atom. The lowest BCUT2D eigenvalue weighted by Crippen LogP contribution is -2.40. The molecule has 21 heavy (non-hydrogen) atoms. The molecule has 0 saturated heterocycles. The van der Waals surface area contributed by atoms with Crippen LogP contribution in [0.2, 0.25) is 0 Å². The van der Waals surface area contributed by atoms with Crippen molar-refractivity contribution >= 4 is 6.21 Å². The fourth-order valence-electron chi connectivity index (χ4n) is 3.13. The van der Waals surface area contributed by atoms with Crippen molar-refractivity contribution in [1.82, 2.24) is 4.90 Å². The molecule has 0 radical (unpaired) electrons. The van der Waals surface area contributed by atoms with E-state index in [0.29, 0.717) is 0 Å². The molecule has 1 aromatic rings. The van der Waals surface area contributed by atoms with Crippen LogP contribution in [0, 0.1) is 5.82 Å². The van der Waals surface area contributed by atoms with Crippen molar-refractivity contribution in [3.05, 3.63) is 47.3 Å². The van der Waals surface area contributed by atoms with Crippen molar-refractivity contribution in [1.29, 1.82) is 0 Å². The number of aliphatic hydroxyl groups excluding tert-OH is 2. The molecule has 2 aliphatic rings.